The molecule has 0 saturated heterocycles. The number of rotatable bonds is 7. The summed E-state index contributed by atoms with van der Waals surface area (Å²) in [5.41, 5.74) is 2.23. The van der Waals surface area contributed by atoms with Gasteiger partial charge < -0.3 is 15.2 Å². The van der Waals surface area contributed by atoms with Crippen LogP contribution in [0.15, 0.2) is 12.1 Å². The molecule has 0 aliphatic rings. The van der Waals surface area contributed by atoms with Crippen LogP contribution in [0.1, 0.15) is 60.5 Å². The minimum absolute atomic E-state index is 0.0576. The molecule has 0 atom stereocenters. The van der Waals surface area contributed by atoms with Crippen molar-refractivity contribution in [1.82, 2.24) is 4.98 Å². The molecule has 0 unspecified atom stereocenters. The number of ether oxygens (including phenoxy) is 1. The Kier molecular flexibility index (Phi) is 5.96. The number of aryl methyl sites for hydroxylation is 1. The van der Waals surface area contributed by atoms with Crippen LogP contribution in [0.2, 0.25) is 0 Å². The standard InChI is InChI=1S/C19H24N2O4/c1-5-8-12-17-14(9-13(11(4)22)18(12)23)15(20-6-2)10-16(21-17)19(24)25-7-3/h9-10,23H,5-8H2,1-4H3,(H,20,21). The molecule has 2 aromatic rings. The number of pyridine rings is 1. The fourth-order valence-electron chi connectivity index (χ4n) is 2.82. The Bertz CT molecular complexity index is 815. The van der Waals surface area contributed by atoms with Crippen LogP contribution in [0.3, 0.4) is 0 Å². The van der Waals surface area contributed by atoms with E-state index < -0.39 is 5.97 Å². The van der Waals surface area contributed by atoms with Gasteiger partial charge >= 0.3 is 5.97 Å². The summed E-state index contributed by atoms with van der Waals surface area (Å²) < 4.78 is 5.06. The van der Waals surface area contributed by atoms with E-state index >= 15 is 0 Å². The number of phenols is 1. The van der Waals surface area contributed by atoms with Gasteiger partial charge in [-0.3, -0.25) is 4.79 Å². The van der Waals surface area contributed by atoms with Gasteiger partial charge in [0.1, 0.15) is 5.75 Å². The van der Waals surface area contributed by atoms with E-state index in [0.717, 1.165) is 6.42 Å². The van der Waals surface area contributed by atoms with Crippen molar-refractivity contribution in [3.63, 3.8) is 0 Å². The number of carbonyl (C=O) groups is 2. The molecule has 0 bridgehead atoms. The highest BCUT2D eigenvalue weighted by Gasteiger charge is 2.20. The Labute approximate surface area is 147 Å². The van der Waals surface area contributed by atoms with E-state index in [1.165, 1.54) is 6.92 Å². The molecular weight excluding hydrogens is 320 g/mol. The zero-order valence-electron chi connectivity index (χ0n) is 15.1. The molecule has 0 aliphatic carbocycles. The number of carbonyl (C=O) groups excluding carboxylic acids is 2. The third-order valence-corrected chi connectivity index (χ3v) is 3.91. The molecule has 0 aliphatic heterocycles. The number of phenolic OH excluding ortho intramolecular Hbond substituents is 1. The number of anilines is 1. The van der Waals surface area contributed by atoms with Crippen molar-refractivity contribution >= 4 is 28.3 Å². The summed E-state index contributed by atoms with van der Waals surface area (Å²) in [4.78, 5) is 28.5. The van der Waals surface area contributed by atoms with Gasteiger partial charge in [0.25, 0.3) is 0 Å². The summed E-state index contributed by atoms with van der Waals surface area (Å²) in [5, 5.41) is 14.5. The monoisotopic (exact) mass is 344 g/mol. The zero-order chi connectivity index (χ0) is 18.6. The first-order chi connectivity index (χ1) is 11.9. The number of nitrogens with one attached hydrogen (secondary N) is 1. The van der Waals surface area contributed by atoms with E-state index in [0.29, 0.717) is 35.1 Å². The Hall–Kier alpha value is -2.63. The zero-order valence-corrected chi connectivity index (χ0v) is 15.1. The average Bonchev–Trinajstić information content (AvgIpc) is 2.57. The van der Waals surface area contributed by atoms with Crippen LogP contribution >= 0.6 is 0 Å². The number of esters is 1. The molecule has 0 fully saturated rings. The first-order valence-electron chi connectivity index (χ1n) is 8.55. The van der Waals surface area contributed by atoms with E-state index in [9.17, 15) is 14.7 Å². The quantitative estimate of drug-likeness (QED) is 0.588. The molecule has 0 spiro atoms. The molecule has 134 valence electrons. The number of aromatic hydroxyl groups is 1. The van der Waals surface area contributed by atoms with Crippen LogP contribution < -0.4 is 5.32 Å². The topological polar surface area (TPSA) is 88.5 Å². The Morgan fingerprint density at radius 2 is 1.96 bits per heavy atom. The number of benzene rings is 1. The molecule has 2 rings (SSSR count). The van der Waals surface area contributed by atoms with Crippen LogP contribution in [0.25, 0.3) is 10.9 Å². The van der Waals surface area contributed by atoms with Crippen LogP contribution in [0.4, 0.5) is 5.69 Å². The lowest BCUT2D eigenvalue weighted by Gasteiger charge is -2.16. The second kappa shape index (κ2) is 7.96. The van der Waals surface area contributed by atoms with E-state index in [1.54, 1.807) is 19.1 Å². The van der Waals surface area contributed by atoms with Crippen molar-refractivity contribution in [2.45, 2.75) is 40.5 Å². The minimum Gasteiger partial charge on any atom is -0.507 e. The normalized spacial score (nSPS) is 10.7. The number of ketones is 1. The van der Waals surface area contributed by atoms with Gasteiger partial charge in [-0.1, -0.05) is 13.3 Å². The van der Waals surface area contributed by atoms with Gasteiger partial charge in [0.15, 0.2) is 11.5 Å². The van der Waals surface area contributed by atoms with Gasteiger partial charge in [0.2, 0.25) is 0 Å². The molecule has 1 aromatic heterocycles. The molecule has 2 N–H and O–H groups in total. The average molecular weight is 344 g/mol. The predicted octanol–water partition coefficient (Wildman–Crippen LogP) is 3.70. The number of hydrogen-bond acceptors (Lipinski definition) is 6. The summed E-state index contributed by atoms with van der Waals surface area (Å²) >= 11 is 0. The third kappa shape index (κ3) is 3.73. The largest absolute Gasteiger partial charge is 0.507 e. The number of aromatic nitrogens is 1. The smallest absolute Gasteiger partial charge is 0.357 e. The maximum atomic E-state index is 12.1. The third-order valence-electron chi connectivity index (χ3n) is 3.91. The summed E-state index contributed by atoms with van der Waals surface area (Å²) in [6.07, 6.45) is 1.32. The molecule has 6 heteroatoms. The predicted molar refractivity (Wildman–Crippen MR) is 97.5 cm³/mol. The molecular formula is C19H24N2O4. The maximum Gasteiger partial charge on any atom is 0.357 e. The first kappa shape index (κ1) is 18.7. The van der Waals surface area contributed by atoms with E-state index in [1.807, 2.05) is 13.8 Å². The maximum absolute atomic E-state index is 12.1. The van der Waals surface area contributed by atoms with Crippen LogP contribution in [0, 0.1) is 0 Å². The van der Waals surface area contributed by atoms with Gasteiger partial charge in [-0.15, -0.1) is 0 Å². The van der Waals surface area contributed by atoms with Crippen molar-refractivity contribution in [1.29, 1.82) is 0 Å². The minimum atomic E-state index is -0.513. The number of hydrogen-bond donors (Lipinski definition) is 2. The van der Waals surface area contributed by atoms with Gasteiger partial charge in [-0.2, -0.15) is 0 Å². The molecule has 1 heterocycles. The molecule has 1 aromatic carbocycles. The van der Waals surface area contributed by atoms with Crippen molar-refractivity contribution in [3.8, 4) is 5.75 Å². The number of fused-ring (bicyclic) bond motifs is 1. The van der Waals surface area contributed by atoms with Gasteiger partial charge in [0, 0.05) is 23.2 Å². The molecule has 0 amide bonds. The lowest BCUT2D eigenvalue weighted by molar-refractivity contribution is 0.0520. The summed E-state index contributed by atoms with van der Waals surface area (Å²) in [6, 6.07) is 3.26. The molecule has 6 nitrogen and oxygen atoms in total. The molecule has 25 heavy (non-hydrogen) atoms. The molecule has 0 radical (unpaired) electrons. The number of nitrogens with zero attached hydrogens (tertiary/aromatic N) is 1. The highest BCUT2D eigenvalue weighted by Crippen LogP contribution is 2.35. The summed E-state index contributed by atoms with van der Waals surface area (Å²) in [6.45, 7) is 7.97. The Morgan fingerprint density at radius 1 is 1.24 bits per heavy atom. The molecule has 0 saturated carbocycles. The van der Waals surface area contributed by atoms with Crippen LogP contribution in [-0.4, -0.2) is 35.0 Å². The number of Topliss-reactive ketones (excluding diaryl/α,β-unsaturated/α-hetero) is 1. The van der Waals surface area contributed by atoms with Crippen LogP contribution in [0.5, 0.6) is 5.75 Å². The summed E-state index contributed by atoms with van der Waals surface area (Å²) in [5.74, 6) is -0.785. The van der Waals surface area contributed by atoms with Crippen molar-refractivity contribution in [3.05, 3.63) is 29.0 Å². The van der Waals surface area contributed by atoms with Gasteiger partial charge in [-0.25, -0.2) is 9.78 Å². The second-order valence-electron chi connectivity index (χ2n) is 5.76. The van der Waals surface area contributed by atoms with Crippen LogP contribution in [-0.2, 0) is 11.2 Å². The Morgan fingerprint density at radius 3 is 2.52 bits per heavy atom. The van der Waals surface area contributed by atoms with E-state index in [2.05, 4.69) is 10.3 Å². The van der Waals surface area contributed by atoms with Gasteiger partial charge in [-0.05, 0) is 39.3 Å². The first-order valence-corrected chi connectivity index (χ1v) is 8.55. The Balaban J connectivity index is 2.85. The fourth-order valence-corrected chi connectivity index (χ4v) is 2.82. The van der Waals surface area contributed by atoms with Crippen molar-refractivity contribution in [2.24, 2.45) is 0 Å². The lowest BCUT2D eigenvalue weighted by Crippen LogP contribution is -2.10. The van der Waals surface area contributed by atoms with Crippen molar-refractivity contribution in [2.75, 3.05) is 18.5 Å². The fraction of sp³-hybridized carbons (Fsp3) is 0.421. The van der Waals surface area contributed by atoms with E-state index in [-0.39, 0.29) is 29.4 Å². The van der Waals surface area contributed by atoms with E-state index in [4.69, 9.17) is 4.74 Å². The SMILES string of the molecule is CCCc1c(O)c(C(C)=O)cc2c(NCC)cc(C(=O)OCC)nc12. The van der Waals surface area contributed by atoms with Gasteiger partial charge in [0.05, 0.1) is 17.7 Å². The summed E-state index contributed by atoms with van der Waals surface area (Å²) in [7, 11) is 0. The van der Waals surface area contributed by atoms with Crippen molar-refractivity contribution < 1.29 is 19.4 Å². The lowest BCUT2D eigenvalue weighted by atomic mass is 9.97. The highest BCUT2D eigenvalue weighted by molar-refractivity contribution is 6.06. The second-order valence-corrected chi connectivity index (χ2v) is 5.76. The highest BCUT2D eigenvalue weighted by atomic mass is 16.5.